The number of carbonyl (C=O) groups excluding carboxylic acids is 1. The normalized spacial score (nSPS) is 14.9. The summed E-state index contributed by atoms with van der Waals surface area (Å²) in [6.07, 6.45) is 3.99. The van der Waals surface area contributed by atoms with Gasteiger partial charge in [0.25, 0.3) is 10.0 Å². The van der Waals surface area contributed by atoms with E-state index in [1.165, 1.54) is 30.3 Å². The molecule has 0 radical (unpaired) electrons. The predicted molar refractivity (Wildman–Crippen MR) is 108 cm³/mol. The number of nitrogens with one attached hydrogen (secondary N) is 1. The van der Waals surface area contributed by atoms with Crippen LogP contribution >= 0.6 is 23.2 Å². The lowest BCUT2D eigenvalue weighted by Gasteiger charge is -2.25. The van der Waals surface area contributed by atoms with E-state index >= 15 is 0 Å². The zero-order valence-electron chi connectivity index (χ0n) is 14.6. The fourth-order valence-corrected chi connectivity index (χ4v) is 4.88. The molecule has 0 aromatic heterocycles. The second-order valence-electron chi connectivity index (χ2n) is 6.47. The van der Waals surface area contributed by atoms with Crippen molar-refractivity contribution in [2.75, 3.05) is 10.8 Å². The summed E-state index contributed by atoms with van der Waals surface area (Å²) in [5, 5.41) is 3.46. The molecular formula is C19H20Cl2N2O3S. The van der Waals surface area contributed by atoms with Crippen molar-refractivity contribution in [2.24, 2.45) is 0 Å². The van der Waals surface area contributed by atoms with Gasteiger partial charge in [-0.15, -0.1) is 0 Å². The molecule has 1 aliphatic rings. The van der Waals surface area contributed by atoms with Crippen LogP contribution in [0.4, 0.5) is 5.69 Å². The van der Waals surface area contributed by atoms with E-state index in [0.29, 0.717) is 5.02 Å². The number of halogens is 2. The van der Waals surface area contributed by atoms with E-state index in [2.05, 4.69) is 5.32 Å². The Morgan fingerprint density at radius 2 is 1.70 bits per heavy atom. The van der Waals surface area contributed by atoms with Gasteiger partial charge in [0.05, 0.1) is 20.6 Å². The molecule has 0 atom stereocenters. The molecule has 5 nitrogen and oxygen atoms in total. The van der Waals surface area contributed by atoms with Crippen LogP contribution in [-0.4, -0.2) is 26.9 Å². The maximum absolute atomic E-state index is 13.2. The van der Waals surface area contributed by atoms with Gasteiger partial charge in [-0.2, -0.15) is 0 Å². The van der Waals surface area contributed by atoms with Gasteiger partial charge in [0, 0.05) is 6.04 Å². The SMILES string of the molecule is O=C(CN(c1ccc(Cl)c(Cl)c1)S(=O)(=O)c1ccccc1)NC1CCCC1. The van der Waals surface area contributed by atoms with Gasteiger partial charge in [-0.3, -0.25) is 9.10 Å². The first kappa shape index (κ1) is 20.0. The van der Waals surface area contributed by atoms with E-state index in [4.69, 9.17) is 23.2 Å². The average Bonchev–Trinajstić information content (AvgIpc) is 3.15. The first-order valence-electron chi connectivity index (χ1n) is 8.70. The Morgan fingerprint density at radius 3 is 2.33 bits per heavy atom. The fourth-order valence-electron chi connectivity index (χ4n) is 3.15. The molecule has 8 heteroatoms. The fraction of sp³-hybridized carbons (Fsp3) is 0.316. The van der Waals surface area contributed by atoms with Gasteiger partial charge in [-0.05, 0) is 43.2 Å². The second-order valence-corrected chi connectivity index (χ2v) is 9.15. The first-order valence-corrected chi connectivity index (χ1v) is 10.9. The summed E-state index contributed by atoms with van der Waals surface area (Å²) in [6, 6.07) is 12.6. The third-order valence-electron chi connectivity index (χ3n) is 4.53. The van der Waals surface area contributed by atoms with E-state index in [1.54, 1.807) is 18.2 Å². The molecule has 0 saturated heterocycles. The minimum atomic E-state index is -3.94. The number of sulfonamides is 1. The molecule has 0 spiro atoms. The van der Waals surface area contributed by atoms with Crippen LogP contribution in [0.1, 0.15) is 25.7 Å². The standard InChI is InChI=1S/C19H20Cl2N2O3S/c20-17-11-10-15(12-18(17)21)23(13-19(24)22-14-6-4-5-7-14)27(25,26)16-8-2-1-3-9-16/h1-3,8-12,14H,4-7,13H2,(H,22,24). The van der Waals surface area contributed by atoms with Crippen LogP contribution in [0.15, 0.2) is 53.4 Å². The summed E-state index contributed by atoms with van der Waals surface area (Å²) in [4.78, 5) is 12.6. The summed E-state index contributed by atoms with van der Waals surface area (Å²) < 4.78 is 27.4. The van der Waals surface area contributed by atoms with Crippen molar-refractivity contribution in [3.63, 3.8) is 0 Å². The van der Waals surface area contributed by atoms with E-state index < -0.39 is 10.0 Å². The molecule has 2 aromatic rings. The van der Waals surface area contributed by atoms with E-state index in [0.717, 1.165) is 30.0 Å². The number of benzene rings is 2. The highest BCUT2D eigenvalue weighted by atomic mass is 35.5. The van der Waals surface area contributed by atoms with Crippen LogP contribution in [-0.2, 0) is 14.8 Å². The van der Waals surface area contributed by atoms with Crippen molar-refractivity contribution >= 4 is 44.8 Å². The van der Waals surface area contributed by atoms with Gasteiger partial charge >= 0.3 is 0 Å². The van der Waals surface area contributed by atoms with Crippen molar-refractivity contribution < 1.29 is 13.2 Å². The highest BCUT2D eigenvalue weighted by Crippen LogP contribution is 2.30. The highest BCUT2D eigenvalue weighted by molar-refractivity contribution is 7.92. The zero-order valence-corrected chi connectivity index (χ0v) is 16.9. The van der Waals surface area contributed by atoms with Gasteiger partial charge in [0.15, 0.2) is 0 Å². The lowest BCUT2D eigenvalue weighted by Crippen LogP contribution is -2.43. The molecule has 0 unspecified atom stereocenters. The quantitative estimate of drug-likeness (QED) is 0.750. The molecule has 1 aliphatic carbocycles. The largest absolute Gasteiger partial charge is 0.352 e. The third-order valence-corrected chi connectivity index (χ3v) is 7.06. The Morgan fingerprint density at radius 1 is 1.04 bits per heavy atom. The number of nitrogens with zero attached hydrogens (tertiary/aromatic N) is 1. The van der Waals surface area contributed by atoms with Crippen molar-refractivity contribution in [1.82, 2.24) is 5.32 Å². The number of carbonyl (C=O) groups is 1. The summed E-state index contributed by atoms with van der Waals surface area (Å²) in [7, 11) is -3.94. The third kappa shape index (κ3) is 4.75. The molecular weight excluding hydrogens is 407 g/mol. The number of rotatable bonds is 6. The number of hydrogen-bond donors (Lipinski definition) is 1. The minimum absolute atomic E-state index is 0.102. The molecule has 3 rings (SSSR count). The van der Waals surface area contributed by atoms with Crippen LogP contribution in [0, 0.1) is 0 Å². The second kappa shape index (κ2) is 8.50. The summed E-state index contributed by atoms with van der Waals surface area (Å²) in [6.45, 7) is -0.328. The Bertz CT molecular complexity index is 914. The Hall–Kier alpha value is -1.76. The van der Waals surface area contributed by atoms with Crippen molar-refractivity contribution in [3.8, 4) is 0 Å². The van der Waals surface area contributed by atoms with Crippen molar-refractivity contribution in [3.05, 3.63) is 58.6 Å². The van der Waals surface area contributed by atoms with E-state index in [-0.39, 0.29) is 34.1 Å². The maximum Gasteiger partial charge on any atom is 0.264 e. The molecule has 144 valence electrons. The Kier molecular flexibility index (Phi) is 6.29. The summed E-state index contributed by atoms with van der Waals surface area (Å²) in [5.41, 5.74) is 0.287. The van der Waals surface area contributed by atoms with Crippen LogP contribution < -0.4 is 9.62 Å². The molecule has 1 amide bonds. The van der Waals surface area contributed by atoms with Gasteiger partial charge in [-0.1, -0.05) is 54.2 Å². The molecule has 1 fully saturated rings. The van der Waals surface area contributed by atoms with E-state index in [9.17, 15) is 13.2 Å². The average molecular weight is 427 g/mol. The summed E-state index contributed by atoms with van der Waals surface area (Å²) >= 11 is 12.0. The molecule has 1 N–H and O–H groups in total. The molecule has 27 heavy (non-hydrogen) atoms. The lowest BCUT2D eigenvalue weighted by atomic mass is 10.2. The molecule has 0 bridgehead atoms. The smallest absolute Gasteiger partial charge is 0.264 e. The lowest BCUT2D eigenvalue weighted by molar-refractivity contribution is -0.120. The highest BCUT2D eigenvalue weighted by Gasteiger charge is 2.28. The Labute approximate surface area is 169 Å². The maximum atomic E-state index is 13.2. The molecule has 0 heterocycles. The van der Waals surface area contributed by atoms with Crippen LogP contribution in [0.25, 0.3) is 0 Å². The molecule has 2 aromatic carbocycles. The van der Waals surface area contributed by atoms with Gasteiger partial charge in [-0.25, -0.2) is 8.42 Å². The van der Waals surface area contributed by atoms with Crippen molar-refractivity contribution in [2.45, 2.75) is 36.6 Å². The summed E-state index contributed by atoms with van der Waals surface area (Å²) in [5.74, 6) is -0.340. The molecule has 0 aliphatic heterocycles. The monoisotopic (exact) mass is 426 g/mol. The number of hydrogen-bond acceptors (Lipinski definition) is 3. The number of anilines is 1. The van der Waals surface area contributed by atoms with Gasteiger partial charge < -0.3 is 5.32 Å². The predicted octanol–water partition coefficient (Wildman–Crippen LogP) is 4.25. The zero-order chi connectivity index (χ0) is 19.4. The first-order chi connectivity index (χ1) is 12.9. The van der Waals surface area contributed by atoms with Crippen LogP contribution in [0.3, 0.4) is 0 Å². The molecule has 1 saturated carbocycles. The minimum Gasteiger partial charge on any atom is -0.352 e. The number of amides is 1. The van der Waals surface area contributed by atoms with Crippen LogP contribution in [0.5, 0.6) is 0 Å². The van der Waals surface area contributed by atoms with Crippen molar-refractivity contribution in [1.29, 1.82) is 0 Å². The van der Waals surface area contributed by atoms with Gasteiger partial charge in [0.1, 0.15) is 6.54 Å². The topological polar surface area (TPSA) is 66.5 Å². The van der Waals surface area contributed by atoms with E-state index in [1.807, 2.05) is 0 Å². The van der Waals surface area contributed by atoms with Crippen LogP contribution in [0.2, 0.25) is 10.0 Å². The van der Waals surface area contributed by atoms with Gasteiger partial charge in [0.2, 0.25) is 5.91 Å². The Balaban J connectivity index is 1.93.